The predicted octanol–water partition coefficient (Wildman–Crippen LogP) is 1.49. The molecule has 0 fully saturated rings. The molecular formula is C11H11N3O2. The average molecular weight is 217 g/mol. The van der Waals surface area contributed by atoms with E-state index in [-0.39, 0.29) is 6.79 Å². The number of nitrogen functional groups attached to an aromatic ring is 1. The average Bonchev–Trinajstić information content (AvgIpc) is 2.85. The van der Waals surface area contributed by atoms with Crippen LogP contribution >= 0.6 is 0 Å². The molecule has 2 N–H and O–H groups in total. The largest absolute Gasteiger partial charge is 0.454 e. The molecule has 0 bridgehead atoms. The summed E-state index contributed by atoms with van der Waals surface area (Å²) in [6.07, 6.45) is 1.78. The van der Waals surface area contributed by atoms with Crippen molar-refractivity contribution < 1.29 is 9.47 Å². The molecule has 0 spiro atoms. The van der Waals surface area contributed by atoms with Crippen molar-refractivity contribution in [3.8, 4) is 17.2 Å². The molecule has 0 saturated heterocycles. The fourth-order valence-corrected chi connectivity index (χ4v) is 1.63. The van der Waals surface area contributed by atoms with Crippen molar-refractivity contribution in [3.63, 3.8) is 0 Å². The Kier molecular flexibility index (Phi) is 1.80. The zero-order chi connectivity index (χ0) is 11.1. The molecule has 2 aromatic rings. The summed E-state index contributed by atoms with van der Waals surface area (Å²) in [7, 11) is 0. The summed E-state index contributed by atoms with van der Waals surface area (Å²) in [5, 5.41) is 4.30. The molecule has 3 rings (SSSR count). The summed E-state index contributed by atoms with van der Waals surface area (Å²) in [5.74, 6) is 1.50. The number of hydrogen-bond donors (Lipinski definition) is 1. The zero-order valence-electron chi connectivity index (χ0n) is 8.80. The molecular weight excluding hydrogens is 206 g/mol. The van der Waals surface area contributed by atoms with Crippen LogP contribution in [0.3, 0.4) is 0 Å². The van der Waals surface area contributed by atoms with Crippen LogP contribution in [-0.4, -0.2) is 16.6 Å². The Morgan fingerprint density at radius 3 is 2.88 bits per heavy atom. The van der Waals surface area contributed by atoms with Gasteiger partial charge in [0.2, 0.25) is 6.79 Å². The Labute approximate surface area is 92.4 Å². The minimum Gasteiger partial charge on any atom is -0.454 e. The van der Waals surface area contributed by atoms with E-state index in [2.05, 4.69) is 5.10 Å². The van der Waals surface area contributed by atoms with Gasteiger partial charge in [0.05, 0.1) is 23.3 Å². The lowest BCUT2D eigenvalue weighted by atomic mass is 10.3. The van der Waals surface area contributed by atoms with Gasteiger partial charge in [-0.05, 0) is 19.1 Å². The number of nitrogens with zero attached hydrogens (tertiary/aromatic N) is 2. The van der Waals surface area contributed by atoms with Gasteiger partial charge in [-0.3, -0.25) is 0 Å². The minimum absolute atomic E-state index is 0.277. The van der Waals surface area contributed by atoms with Crippen molar-refractivity contribution >= 4 is 5.69 Å². The van der Waals surface area contributed by atoms with E-state index in [1.54, 1.807) is 10.9 Å². The topological polar surface area (TPSA) is 62.3 Å². The van der Waals surface area contributed by atoms with Crippen molar-refractivity contribution in [3.05, 3.63) is 30.1 Å². The molecule has 0 aliphatic carbocycles. The van der Waals surface area contributed by atoms with E-state index in [1.807, 2.05) is 25.1 Å². The van der Waals surface area contributed by atoms with Crippen LogP contribution in [0.2, 0.25) is 0 Å². The third-order valence-corrected chi connectivity index (χ3v) is 2.56. The van der Waals surface area contributed by atoms with E-state index in [1.165, 1.54) is 0 Å². The van der Waals surface area contributed by atoms with Crippen molar-refractivity contribution in [2.24, 2.45) is 0 Å². The lowest BCUT2D eigenvalue weighted by Crippen LogP contribution is -1.95. The van der Waals surface area contributed by atoms with Gasteiger partial charge >= 0.3 is 0 Å². The van der Waals surface area contributed by atoms with Crippen LogP contribution in [0.5, 0.6) is 11.5 Å². The molecule has 0 atom stereocenters. The molecule has 16 heavy (non-hydrogen) atoms. The normalized spacial score (nSPS) is 13.1. The van der Waals surface area contributed by atoms with E-state index >= 15 is 0 Å². The van der Waals surface area contributed by atoms with Crippen molar-refractivity contribution in [2.45, 2.75) is 6.92 Å². The molecule has 5 nitrogen and oxygen atoms in total. The van der Waals surface area contributed by atoms with E-state index in [9.17, 15) is 0 Å². The van der Waals surface area contributed by atoms with Crippen LogP contribution in [0.15, 0.2) is 24.4 Å². The zero-order valence-corrected chi connectivity index (χ0v) is 8.80. The SMILES string of the molecule is Cc1nn(-c2ccc3c(c2)OCO3)cc1N. The number of nitrogens with two attached hydrogens (primary N) is 1. The maximum atomic E-state index is 5.75. The summed E-state index contributed by atoms with van der Waals surface area (Å²) in [6, 6.07) is 5.67. The van der Waals surface area contributed by atoms with Crippen LogP contribution in [0.4, 0.5) is 5.69 Å². The molecule has 82 valence electrons. The number of rotatable bonds is 1. The summed E-state index contributed by atoms with van der Waals surface area (Å²) < 4.78 is 12.3. The maximum Gasteiger partial charge on any atom is 0.231 e. The molecule has 1 aromatic heterocycles. The van der Waals surface area contributed by atoms with Crippen LogP contribution in [0, 0.1) is 6.92 Å². The van der Waals surface area contributed by atoms with Gasteiger partial charge in [0.25, 0.3) is 0 Å². The second kappa shape index (κ2) is 3.16. The summed E-state index contributed by atoms with van der Waals surface area (Å²) in [5.41, 5.74) is 8.15. The van der Waals surface area contributed by atoms with Gasteiger partial charge in [0, 0.05) is 6.07 Å². The highest BCUT2D eigenvalue weighted by molar-refractivity contribution is 5.51. The van der Waals surface area contributed by atoms with Gasteiger partial charge in [-0.15, -0.1) is 0 Å². The van der Waals surface area contributed by atoms with Crippen molar-refractivity contribution in [2.75, 3.05) is 12.5 Å². The van der Waals surface area contributed by atoms with Gasteiger partial charge in [0.15, 0.2) is 11.5 Å². The monoisotopic (exact) mass is 217 g/mol. The Morgan fingerprint density at radius 1 is 1.31 bits per heavy atom. The lowest BCUT2D eigenvalue weighted by Gasteiger charge is -2.02. The Bertz CT molecular complexity index is 529. The molecule has 0 saturated carbocycles. The first-order valence-electron chi connectivity index (χ1n) is 4.96. The minimum atomic E-state index is 0.277. The quantitative estimate of drug-likeness (QED) is 0.786. The van der Waals surface area contributed by atoms with Gasteiger partial charge < -0.3 is 15.2 Å². The molecule has 0 amide bonds. The maximum absolute atomic E-state index is 5.75. The van der Waals surface area contributed by atoms with Crippen LogP contribution < -0.4 is 15.2 Å². The number of aryl methyl sites for hydroxylation is 1. The predicted molar refractivity (Wildman–Crippen MR) is 58.8 cm³/mol. The molecule has 1 aliphatic heterocycles. The van der Waals surface area contributed by atoms with E-state index in [0.717, 1.165) is 22.9 Å². The number of fused-ring (bicyclic) bond motifs is 1. The van der Waals surface area contributed by atoms with Crippen molar-refractivity contribution in [1.29, 1.82) is 0 Å². The Balaban J connectivity index is 2.07. The summed E-state index contributed by atoms with van der Waals surface area (Å²) in [6.45, 7) is 2.15. The number of hydrogen-bond acceptors (Lipinski definition) is 4. The fourth-order valence-electron chi connectivity index (χ4n) is 1.63. The fraction of sp³-hybridized carbons (Fsp3) is 0.182. The summed E-state index contributed by atoms with van der Waals surface area (Å²) in [4.78, 5) is 0. The molecule has 0 unspecified atom stereocenters. The molecule has 1 aliphatic rings. The van der Waals surface area contributed by atoms with Gasteiger partial charge in [0.1, 0.15) is 0 Å². The van der Waals surface area contributed by atoms with Crippen molar-refractivity contribution in [1.82, 2.24) is 9.78 Å². The molecule has 2 heterocycles. The number of ether oxygens (including phenoxy) is 2. The van der Waals surface area contributed by atoms with E-state index in [0.29, 0.717) is 5.69 Å². The van der Waals surface area contributed by atoms with E-state index < -0.39 is 0 Å². The molecule has 5 heteroatoms. The third kappa shape index (κ3) is 1.29. The Hall–Kier alpha value is -2.17. The second-order valence-electron chi connectivity index (χ2n) is 3.65. The van der Waals surface area contributed by atoms with Gasteiger partial charge in [-0.2, -0.15) is 5.10 Å². The van der Waals surface area contributed by atoms with Gasteiger partial charge in [-0.1, -0.05) is 0 Å². The van der Waals surface area contributed by atoms with E-state index in [4.69, 9.17) is 15.2 Å². The summed E-state index contributed by atoms with van der Waals surface area (Å²) >= 11 is 0. The third-order valence-electron chi connectivity index (χ3n) is 2.56. The number of benzene rings is 1. The molecule has 1 aromatic carbocycles. The first kappa shape index (κ1) is 9.08. The second-order valence-corrected chi connectivity index (χ2v) is 3.65. The number of anilines is 1. The Morgan fingerprint density at radius 2 is 2.12 bits per heavy atom. The lowest BCUT2D eigenvalue weighted by molar-refractivity contribution is 0.174. The highest BCUT2D eigenvalue weighted by atomic mass is 16.7. The smallest absolute Gasteiger partial charge is 0.231 e. The number of aromatic nitrogens is 2. The van der Waals surface area contributed by atoms with Crippen LogP contribution in [0.25, 0.3) is 5.69 Å². The highest BCUT2D eigenvalue weighted by Gasteiger charge is 2.14. The van der Waals surface area contributed by atoms with Crippen LogP contribution in [-0.2, 0) is 0 Å². The highest BCUT2D eigenvalue weighted by Crippen LogP contribution is 2.33. The standard InChI is InChI=1S/C11H11N3O2/c1-7-9(12)5-14(13-7)8-2-3-10-11(4-8)16-6-15-10/h2-5H,6,12H2,1H3. The van der Waals surface area contributed by atoms with Crippen LogP contribution in [0.1, 0.15) is 5.69 Å². The first-order valence-corrected chi connectivity index (χ1v) is 4.96. The molecule has 0 radical (unpaired) electrons. The first-order chi connectivity index (χ1) is 7.74. The van der Waals surface area contributed by atoms with Gasteiger partial charge in [-0.25, -0.2) is 4.68 Å².